The number of anilines is 1. The molecule has 9 heteroatoms. The van der Waals surface area contributed by atoms with Crippen molar-refractivity contribution in [2.45, 2.75) is 13.0 Å². The second-order valence-corrected chi connectivity index (χ2v) is 6.75. The fraction of sp³-hybridized carbons (Fsp3) is 0.150. The van der Waals surface area contributed by atoms with Crippen molar-refractivity contribution < 1.29 is 27.8 Å². The molecule has 0 fully saturated rings. The number of esters is 1. The molecular weight excluding hydrogens is 402 g/mol. The molecule has 0 bridgehead atoms. The molecule has 1 amide bonds. The Balaban J connectivity index is 1.52. The lowest BCUT2D eigenvalue weighted by Gasteiger charge is -2.12. The molecule has 1 aromatic heterocycles. The van der Waals surface area contributed by atoms with E-state index < -0.39 is 29.6 Å². The van der Waals surface area contributed by atoms with E-state index >= 15 is 0 Å². The lowest BCUT2D eigenvalue weighted by atomic mass is 10.2. The van der Waals surface area contributed by atoms with Crippen molar-refractivity contribution in [1.82, 2.24) is 4.98 Å². The van der Waals surface area contributed by atoms with Crippen molar-refractivity contribution in [2.24, 2.45) is 0 Å². The van der Waals surface area contributed by atoms with E-state index in [0.29, 0.717) is 17.0 Å². The first-order valence-corrected chi connectivity index (χ1v) is 9.39. The second kappa shape index (κ2) is 9.24. The molecule has 0 aliphatic carbocycles. The first-order valence-electron chi connectivity index (χ1n) is 8.51. The van der Waals surface area contributed by atoms with Gasteiger partial charge in [0, 0.05) is 10.9 Å². The van der Waals surface area contributed by atoms with Crippen LogP contribution in [0.4, 0.5) is 13.9 Å². The summed E-state index contributed by atoms with van der Waals surface area (Å²) in [7, 11) is 0. The van der Waals surface area contributed by atoms with E-state index in [1.54, 1.807) is 29.6 Å². The van der Waals surface area contributed by atoms with E-state index in [1.165, 1.54) is 13.0 Å². The van der Waals surface area contributed by atoms with Crippen LogP contribution in [0.2, 0.25) is 0 Å². The zero-order chi connectivity index (χ0) is 20.8. The fourth-order valence-electron chi connectivity index (χ4n) is 2.27. The summed E-state index contributed by atoms with van der Waals surface area (Å²) in [6.07, 6.45) is -1.07. The van der Waals surface area contributed by atoms with E-state index in [9.17, 15) is 18.4 Å². The third-order valence-electron chi connectivity index (χ3n) is 3.73. The number of rotatable bonds is 7. The highest BCUT2D eigenvalue weighted by molar-refractivity contribution is 7.14. The van der Waals surface area contributed by atoms with Crippen molar-refractivity contribution in [3.8, 4) is 17.0 Å². The average molecular weight is 418 g/mol. The van der Waals surface area contributed by atoms with Crippen LogP contribution in [0.5, 0.6) is 5.75 Å². The Morgan fingerprint density at radius 1 is 1.14 bits per heavy atom. The highest BCUT2D eigenvalue weighted by Gasteiger charge is 2.20. The molecular formula is C20H16F2N2O4S. The number of hydrogen-bond acceptors (Lipinski definition) is 6. The number of carbonyl (C=O) groups is 2. The van der Waals surface area contributed by atoms with E-state index in [-0.39, 0.29) is 11.7 Å². The minimum absolute atomic E-state index is 0.234. The second-order valence-electron chi connectivity index (χ2n) is 5.89. The topological polar surface area (TPSA) is 77.5 Å². The Morgan fingerprint density at radius 2 is 1.90 bits per heavy atom. The number of amides is 1. The smallest absolute Gasteiger partial charge is 0.344 e. The lowest BCUT2D eigenvalue weighted by Crippen LogP contribution is -2.31. The molecule has 0 unspecified atom stereocenters. The summed E-state index contributed by atoms with van der Waals surface area (Å²) in [5, 5.41) is 4.34. The summed E-state index contributed by atoms with van der Waals surface area (Å²) in [4.78, 5) is 28.2. The van der Waals surface area contributed by atoms with Gasteiger partial charge in [0.2, 0.25) is 0 Å². The summed E-state index contributed by atoms with van der Waals surface area (Å²) < 4.78 is 36.7. The standard InChI is InChI=1S/C20H16F2N2O4S/c1-12(28-18(25)10-27-14-5-3-2-4-6-14)19(26)24-20-23-17(11-29-20)13-7-8-15(21)16(22)9-13/h2-9,11-12H,10H2,1H3,(H,23,24,26)/t12-/m1/s1. The number of hydrogen-bond donors (Lipinski definition) is 1. The fourth-order valence-corrected chi connectivity index (χ4v) is 2.99. The van der Waals surface area contributed by atoms with Gasteiger partial charge in [0.1, 0.15) is 5.75 Å². The van der Waals surface area contributed by atoms with Gasteiger partial charge in [-0.15, -0.1) is 11.3 Å². The van der Waals surface area contributed by atoms with Gasteiger partial charge in [-0.3, -0.25) is 10.1 Å². The summed E-state index contributed by atoms with van der Waals surface area (Å²) in [6.45, 7) is 1.08. The predicted molar refractivity (Wildman–Crippen MR) is 104 cm³/mol. The summed E-state index contributed by atoms with van der Waals surface area (Å²) in [5.74, 6) is -2.71. The Labute approximate surface area is 169 Å². The maximum absolute atomic E-state index is 13.4. The number of nitrogens with one attached hydrogen (secondary N) is 1. The first-order chi connectivity index (χ1) is 13.9. The molecule has 0 saturated carbocycles. The zero-order valence-electron chi connectivity index (χ0n) is 15.2. The summed E-state index contributed by atoms with van der Waals surface area (Å²) >= 11 is 1.10. The number of thiazole rings is 1. The van der Waals surface area contributed by atoms with Crippen LogP contribution in [0.15, 0.2) is 53.9 Å². The zero-order valence-corrected chi connectivity index (χ0v) is 16.0. The first kappa shape index (κ1) is 20.4. The highest BCUT2D eigenvalue weighted by atomic mass is 32.1. The number of benzene rings is 2. The normalized spacial score (nSPS) is 11.6. The predicted octanol–water partition coefficient (Wildman–Crippen LogP) is 4.04. The Kier molecular flexibility index (Phi) is 6.50. The van der Waals surface area contributed by atoms with Gasteiger partial charge in [0.05, 0.1) is 5.69 Å². The van der Waals surface area contributed by atoms with E-state index in [0.717, 1.165) is 23.5 Å². The lowest BCUT2D eigenvalue weighted by molar-refractivity contribution is -0.155. The van der Waals surface area contributed by atoms with Gasteiger partial charge in [-0.1, -0.05) is 18.2 Å². The van der Waals surface area contributed by atoms with Gasteiger partial charge in [-0.2, -0.15) is 0 Å². The van der Waals surface area contributed by atoms with Gasteiger partial charge in [-0.05, 0) is 37.3 Å². The van der Waals surface area contributed by atoms with Crippen LogP contribution < -0.4 is 10.1 Å². The summed E-state index contributed by atoms with van der Waals surface area (Å²) in [6, 6.07) is 12.1. The van der Waals surface area contributed by atoms with Crippen LogP contribution in [0.3, 0.4) is 0 Å². The molecule has 3 rings (SSSR count). The minimum atomic E-state index is -1.07. The van der Waals surface area contributed by atoms with Crippen molar-refractivity contribution >= 4 is 28.3 Å². The molecule has 150 valence electrons. The van der Waals surface area contributed by atoms with Crippen LogP contribution in [0.1, 0.15) is 6.92 Å². The monoisotopic (exact) mass is 418 g/mol. The molecule has 29 heavy (non-hydrogen) atoms. The quantitative estimate of drug-likeness (QED) is 0.586. The molecule has 6 nitrogen and oxygen atoms in total. The maximum atomic E-state index is 13.4. The molecule has 0 radical (unpaired) electrons. The van der Waals surface area contributed by atoms with Crippen molar-refractivity contribution in [1.29, 1.82) is 0 Å². The van der Waals surface area contributed by atoms with Crippen LogP contribution in [0, 0.1) is 11.6 Å². The van der Waals surface area contributed by atoms with Crippen LogP contribution in [-0.4, -0.2) is 29.6 Å². The number of aromatic nitrogens is 1. The van der Waals surface area contributed by atoms with Gasteiger partial charge in [0.25, 0.3) is 5.91 Å². The van der Waals surface area contributed by atoms with Crippen LogP contribution in [0.25, 0.3) is 11.3 Å². The molecule has 3 aromatic rings. The number of halogens is 2. The van der Waals surface area contributed by atoms with Crippen molar-refractivity contribution in [3.63, 3.8) is 0 Å². The summed E-state index contributed by atoms with van der Waals surface area (Å²) in [5.41, 5.74) is 0.753. The Morgan fingerprint density at radius 3 is 2.62 bits per heavy atom. The van der Waals surface area contributed by atoms with E-state index in [1.807, 2.05) is 6.07 Å². The highest BCUT2D eigenvalue weighted by Crippen LogP contribution is 2.26. The molecule has 1 heterocycles. The van der Waals surface area contributed by atoms with E-state index in [4.69, 9.17) is 9.47 Å². The van der Waals surface area contributed by atoms with Gasteiger partial charge >= 0.3 is 5.97 Å². The number of nitrogens with zero attached hydrogens (tertiary/aromatic N) is 1. The molecule has 2 aromatic carbocycles. The van der Waals surface area contributed by atoms with Gasteiger partial charge in [0.15, 0.2) is 29.5 Å². The third-order valence-corrected chi connectivity index (χ3v) is 4.48. The van der Waals surface area contributed by atoms with Gasteiger partial charge in [-0.25, -0.2) is 18.6 Å². The van der Waals surface area contributed by atoms with E-state index in [2.05, 4.69) is 10.3 Å². The molecule has 1 N–H and O–H groups in total. The largest absolute Gasteiger partial charge is 0.482 e. The molecule has 0 aliphatic rings. The maximum Gasteiger partial charge on any atom is 0.344 e. The Bertz CT molecular complexity index is 1010. The molecule has 0 spiro atoms. The van der Waals surface area contributed by atoms with Crippen molar-refractivity contribution in [3.05, 3.63) is 65.5 Å². The van der Waals surface area contributed by atoms with Crippen LogP contribution >= 0.6 is 11.3 Å². The van der Waals surface area contributed by atoms with Crippen molar-refractivity contribution in [2.75, 3.05) is 11.9 Å². The van der Waals surface area contributed by atoms with Crippen LogP contribution in [-0.2, 0) is 14.3 Å². The Hall–Kier alpha value is -3.33. The number of para-hydroxylation sites is 1. The number of ether oxygens (including phenoxy) is 2. The van der Waals surface area contributed by atoms with Gasteiger partial charge < -0.3 is 9.47 Å². The third kappa shape index (κ3) is 5.58. The minimum Gasteiger partial charge on any atom is -0.482 e. The average Bonchev–Trinajstić information content (AvgIpc) is 3.17. The molecule has 0 aliphatic heterocycles. The molecule has 1 atom stereocenters. The SMILES string of the molecule is C[C@@H](OC(=O)COc1ccccc1)C(=O)Nc1nc(-c2ccc(F)c(F)c2)cs1. The molecule has 0 saturated heterocycles. The number of carbonyl (C=O) groups excluding carboxylic acids is 2.